The molecule has 0 spiro atoms. The highest BCUT2D eigenvalue weighted by atomic mass is 32.1. The Bertz CT molecular complexity index is 1230. The lowest BCUT2D eigenvalue weighted by molar-refractivity contribution is 0.0936. The van der Waals surface area contributed by atoms with Crippen LogP contribution < -0.4 is 15.5 Å². The number of hydrogen-bond acceptors (Lipinski definition) is 6. The number of anilines is 1. The number of morpholine rings is 1. The molecule has 0 bridgehead atoms. The summed E-state index contributed by atoms with van der Waals surface area (Å²) >= 11 is 1.46. The van der Waals surface area contributed by atoms with Crippen LogP contribution in [-0.2, 0) is 23.7 Å². The summed E-state index contributed by atoms with van der Waals surface area (Å²) in [6.45, 7) is 5.92. The molecule has 2 aliphatic rings. The van der Waals surface area contributed by atoms with E-state index in [0.29, 0.717) is 23.7 Å². The van der Waals surface area contributed by atoms with Crippen molar-refractivity contribution in [2.75, 3.05) is 31.7 Å². The number of aryl methyl sites for hydroxylation is 1. The van der Waals surface area contributed by atoms with Crippen LogP contribution in [0.4, 0.5) is 5.13 Å². The van der Waals surface area contributed by atoms with Gasteiger partial charge in [0.1, 0.15) is 4.88 Å². The highest BCUT2D eigenvalue weighted by Crippen LogP contribution is 2.38. The molecule has 1 fully saturated rings. The van der Waals surface area contributed by atoms with Crippen LogP contribution in [0.1, 0.15) is 45.1 Å². The summed E-state index contributed by atoms with van der Waals surface area (Å²) in [6.07, 6.45) is 2.89. The van der Waals surface area contributed by atoms with Crippen LogP contribution >= 0.6 is 11.3 Å². The number of amides is 2. The van der Waals surface area contributed by atoms with E-state index < -0.39 is 5.54 Å². The fourth-order valence-corrected chi connectivity index (χ4v) is 5.88. The molecule has 1 saturated heterocycles. The lowest BCUT2D eigenvalue weighted by atomic mass is 10.0. The van der Waals surface area contributed by atoms with Crippen molar-refractivity contribution in [2.24, 2.45) is 7.05 Å². The minimum atomic E-state index is -0.450. The summed E-state index contributed by atoms with van der Waals surface area (Å²) in [6, 6.07) is 5.90. The number of nitrogens with one attached hydrogen (secondary N) is 2. The summed E-state index contributed by atoms with van der Waals surface area (Å²) in [5.74, 6) is -0.142. The maximum atomic E-state index is 12.4. The topological polar surface area (TPSA) is 88.5 Å². The van der Waals surface area contributed by atoms with Crippen molar-refractivity contribution in [2.45, 2.75) is 31.8 Å². The second kappa shape index (κ2) is 7.60. The third-order valence-corrected chi connectivity index (χ3v) is 7.42. The van der Waals surface area contributed by atoms with Crippen LogP contribution in [0.5, 0.6) is 0 Å². The largest absolute Gasteiger partial charge is 0.377 e. The Morgan fingerprint density at radius 2 is 2.22 bits per heavy atom. The van der Waals surface area contributed by atoms with Crippen LogP contribution in [-0.4, -0.2) is 54.2 Å². The van der Waals surface area contributed by atoms with Gasteiger partial charge in [0.15, 0.2) is 5.13 Å². The van der Waals surface area contributed by atoms with E-state index in [1.807, 2.05) is 39.1 Å². The first-order valence-electron chi connectivity index (χ1n) is 10.8. The van der Waals surface area contributed by atoms with Crippen molar-refractivity contribution in [1.29, 1.82) is 0 Å². The molecule has 0 saturated carbocycles. The van der Waals surface area contributed by atoms with Crippen molar-refractivity contribution in [3.05, 3.63) is 46.1 Å². The molecule has 1 atom stereocenters. The minimum Gasteiger partial charge on any atom is -0.377 e. The first-order valence-corrected chi connectivity index (χ1v) is 11.6. The Morgan fingerprint density at radius 1 is 1.41 bits per heavy atom. The smallest absolute Gasteiger partial charge is 0.264 e. The highest BCUT2D eigenvalue weighted by molar-refractivity contribution is 7.17. The number of carbonyl (C=O) groups excluding carboxylic acids is 2. The second-order valence-electron chi connectivity index (χ2n) is 8.96. The summed E-state index contributed by atoms with van der Waals surface area (Å²) in [7, 11) is 3.66. The van der Waals surface area contributed by atoms with Crippen LogP contribution in [0.3, 0.4) is 0 Å². The third-order valence-electron chi connectivity index (χ3n) is 6.33. The fourth-order valence-electron chi connectivity index (χ4n) is 4.66. The molecule has 168 valence electrons. The quantitative estimate of drug-likeness (QED) is 0.634. The van der Waals surface area contributed by atoms with E-state index >= 15 is 0 Å². The van der Waals surface area contributed by atoms with Crippen molar-refractivity contribution < 1.29 is 14.3 Å². The van der Waals surface area contributed by atoms with E-state index in [4.69, 9.17) is 9.72 Å². The Hall–Kier alpha value is -2.91. The molecular formula is C23H27N5O3S. The minimum absolute atomic E-state index is 0.0469. The molecule has 4 heterocycles. The van der Waals surface area contributed by atoms with E-state index in [9.17, 15) is 9.59 Å². The zero-order valence-electron chi connectivity index (χ0n) is 18.7. The zero-order chi connectivity index (χ0) is 22.6. The number of benzene rings is 1. The molecule has 8 nitrogen and oxygen atoms in total. The van der Waals surface area contributed by atoms with Crippen molar-refractivity contribution in [3.8, 4) is 0 Å². The number of nitrogens with zero attached hydrogens (tertiary/aromatic N) is 3. The second-order valence-corrected chi connectivity index (χ2v) is 9.93. The van der Waals surface area contributed by atoms with Gasteiger partial charge in [-0.05, 0) is 44.0 Å². The SMILES string of the molecule is CNC(=O)c1ccc2c(c1)c(C[C@H]1COCCN1c1nc3c(s1)C(=O)NC3(C)C)cn2C. The molecule has 9 heteroatoms. The van der Waals surface area contributed by atoms with E-state index in [0.717, 1.165) is 40.3 Å². The number of hydrogen-bond donors (Lipinski definition) is 2. The summed E-state index contributed by atoms with van der Waals surface area (Å²) in [4.78, 5) is 32.4. The van der Waals surface area contributed by atoms with Gasteiger partial charge in [0.2, 0.25) is 0 Å². The molecule has 1 aromatic carbocycles. The van der Waals surface area contributed by atoms with Crippen LogP contribution in [0.25, 0.3) is 10.9 Å². The van der Waals surface area contributed by atoms with Gasteiger partial charge in [0.05, 0.1) is 30.5 Å². The number of thiazole rings is 1. The Balaban J connectivity index is 1.48. The van der Waals surface area contributed by atoms with Gasteiger partial charge in [-0.1, -0.05) is 11.3 Å². The van der Waals surface area contributed by atoms with Gasteiger partial charge in [0.25, 0.3) is 11.8 Å². The first kappa shape index (κ1) is 21.0. The molecule has 2 aromatic heterocycles. The number of carbonyl (C=O) groups is 2. The molecule has 0 radical (unpaired) electrons. The maximum Gasteiger partial charge on any atom is 0.264 e. The maximum absolute atomic E-state index is 12.4. The summed E-state index contributed by atoms with van der Waals surface area (Å²) in [5, 5.41) is 7.63. The van der Waals surface area contributed by atoms with Gasteiger partial charge in [-0.3, -0.25) is 9.59 Å². The first-order chi connectivity index (χ1) is 15.3. The summed E-state index contributed by atoms with van der Waals surface area (Å²) < 4.78 is 7.92. The molecule has 0 aliphatic carbocycles. The molecule has 0 unspecified atom stereocenters. The van der Waals surface area contributed by atoms with Gasteiger partial charge >= 0.3 is 0 Å². The average molecular weight is 454 g/mol. The van der Waals surface area contributed by atoms with Crippen molar-refractivity contribution in [1.82, 2.24) is 20.2 Å². The molecule has 2 aliphatic heterocycles. The van der Waals surface area contributed by atoms with Crippen molar-refractivity contribution >= 4 is 39.2 Å². The molecule has 3 aromatic rings. The summed E-state index contributed by atoms with van der Waals surface area (Å²) in [5.41, 5.74) is 3.27. The van der Waals surface area contributed by atoms with E-state index in [1.54, 1.807) is 7.05 Å². The van der Waals surface area contributed by atoms with Gasteiger partial charge in [-0.15, -0.1) is 0 Å². The van der Waals surface area contributed by atoms with Gasteiger partial charge in [0, 0.05) is 43.3 Å². The average Bonchev–Trinajstić information content (AvgIpc) is 3.41. The van der Waals surface area contributed by atoms with E-state index in [2.05, 4.69) is 26.3 Å². The molecule has 2 N–H and O–H groups in total. The van der Waals surface area contributed by atoms with Crippen LogP contribution in [0.15, 0.2) is 24.4 Å². The molecular weight excluding hydrogens is 426 g/mol. The standard InChI is InChI=1S/C23H27N5O3S/c1-23(2)19-18(21(30)26-23)32-22(25-19)28-7-8-31-12-15(28)9-14-11-27(4)17-6-5-13(10-16(14)17)20(29)24-3/h5-6,10-11,15H,7-9,12H2,1-4H3,(H,24,29)(H,26,30)/t15-/m0/s1. The van der Waals surface area contributed by atoms with Crippen LogP contribution in [0.2, 0.25) is 0 Å². The normalized spacial score (nSPS) is 19.8. The van der Waals surface area contributed by atoms with Gasteiger partial charge < -0.3 is 24.8 Å². The predicted octanol–water partition coefficient (Wildman–Crippen LogP) is 2.42. The Labute approximate surface area is 190 Å². The van der Waals surface area contributed by atoms with Gasteiger partial charge in [-0.2, -0.15) is 0 Å². The highest BCUT2D eigenvalue weighted by Gasteiger charge is 2.40. The third kappa shape index (κ3) is 3.36. The van der Waals surface area contributed by atoms with Gasteiger partial charge in [-0.25, -0.2) is 4.98 Å². The monoisotopic (exact) mass is 453 g/mol. The fraction of sp³-hybridized carbons (Fsp3) is 0.435. The number of aromatic nitrogens is 2. The number of rotatable bonds is 4. The molecule has 2 amide bonds. The zero-order valence-corrected chi connectivity index (χ0v) is 19.5. The lowest BCUT2D eigenvalue weighted by Gasteiger charge is -2.35. The number of fused-ring (bicyclic) bond motifs is 2. The molecule has 5 rings (SSSR count). The predicted molar refractivity (Wildman–Crippen MR) is 125 cm³/mol. The molecule has 32 heavy (non-hydrogen) atoms. The number of ether oxygens (including phenoxy) is 1. The van der Waals surface area contributed by atoms with E-state index in [-0.39, 0.29) is 17.9 Å². The Morgan fingerprint density at radius 3 is 2.97 bits per heavy atom. The van der Waals surface area contributed by atoms with E-state index in [1.165, 1.54) is 11.3 Å². The Kier molecular flexibility index (Phi) is 4.98. The van der Waals surface area contributed by atoms with Crippen molar-refractivity contribution in [3.63, 3.8) is 0 Å². The van der Waals surface area contributed by atoms with Crippen LogP contribution in [0, 0.1) is 0 Å². The lowest BCUT2D eigenvalue weighted by Crippen LogP contribution is -2.47.